The third kappa shape index (κ3) is 4.57. The van der Waals surface area contributed by atoms with Crippen molar-refractivity contribution in [1.82, 2.24) is 24.5 Å². The van der Waals surface area contributed by atoms with E-state index in [4.69, 9.17) is 9.47 Å². The van der Waals surface area contributed by atoms with E-state index in [2.05, 4.69) is 32.1 Å². The molecule has 0 saturated heterocycles. The summed E-state index contributed by atoms with van der Waals surface area (Å²) in [7, 11) is 0. The molecule has 35 heavy (non-hydrogen) atoms. The van der Waals surface area contributed by atoms with Crippen LogP contribution in [0, 0.1) is 5.82 Å². The van der Waals surface area contributed by atoms with Gasteiger partial charge in [0, 0.05) is 55.1 Å². The van der Waals surface area contributed by atoms with Gasteiger partial charge >= 0.3 is 0 Å². The van der Waals surface area contributed by atoms with Gasteiger partial charge in [-0.2, -0.15) is 0 Å². The standard InChI is InChI=1S/C24H24FN7O3/c1-2-26-15-34-13-22(33)31-8-5-16(6-9-31)18-11-27-24(32-14-29-30-23(18)32)28-12-19-17-7-10-35-21(17)4-3-20(19)25/h2-5,11,14-15H,1,6-10,12-13H2,(H,27,28). The molecule has 0 radical (unpaired) electrons. The van der Waals surface area contributed by atoms with Gasteiger partial charge in [-0.3, -0.25) is 9.20 Å². The van der Waals surface area contributed by atoms with E-state index in [-0.39, 0.29) is 24.9 Å². The predicted octanol–water partition coefficient (Wildman–Crippen LogP) is 2.61. The molecule has 10 nitrogen and oxygen atoms in total. The van der Waals surface area contributed by atoms with Crippen LogP contribution in [0.25, 0.3) is 11.2 Å². The summed E-state index contributed by atoms with van der Waals surface area (Å²) in [5.74, 6) is 0.847. The summed E-state index contributed by atoms with van der Waals surface area (Å²) >= 11 is 0. The number of halogens is 1. The first-order chi connectivity index (χ1) is 17.2. The molecule has 0 fully saturated rings. The van der Waals surface area contributed by atoms with E-state index < -0.39 is 0 Å². The molecule has 2 aliphatic rings. The van der Waals surface area contributed by atoms with Crippen molar-refractivity contribution >= 4 is 29.5 Å². The quantitative estimate of drug-likeness (QED) is 0.393. The molecule has 3 aromatic rings. The fourth-order valence-electron chi connectivity index (χ4n) is 4.28. The van der Waals surface area contributed by atoms with Crippen molar-refractivity contribution in [3.63, 3.8) is 0 Å². The zero-order valence-corrected chi connectivity index (χ0v) is 19.0. The number of nitrogens with one attached hydrogen (secondary N) is 1. The fourth-order valence-corrected chi connectivity index (χ4v) is 4.28. The van der Waals surface area contributed by atoms with E-state index in [9.17, 15) is 9.18 Å². The summed E-state index contributed by atoms with van der Waals surface area (Å²) in [4.78, 5) is 22.3. The van der Waals surface area contributed by atoms with Gasteiger partial charge in [0.2, 0.25) is 5.95 Å². The molecule has 1 aromatic carbocycles. The van der Waals surface area contributed by atoms with Gasteiger partial charge in [-0.15, -0.1) is 10.2 Å². The maximum Gasteiger partial charge on any atom is 0.260 e. The first-order valence-electron chi connectivity index (χ1n) is 11.2. The van der Waals surface area contributed by atoms with E-state index in [1.807, 2.05) is 6.08 Å². The summed E-state index contributed by atoms with van der Waals surface area (Å²) in [6.07, 6.45) is 9.16. The highest BCUT2D eigenvalue weighted by Crippen LogP contribution is 2.31. The van der Waals surface area contributed by atoms with Gasteiger partial charge in [0.25, 0.3) is 5.91 Å². The number of hydrogen-bond acceptors (Lipinski definition) is 8. The number of carbonyl (C=O) groups is 1. The predicted molar refractivity (Wildman–Crippen MR) is 128 cm³/mol. The average Bonchev–Trinajstić information content (AvgIpc) is 3.56. The molecule has 0 atom stereocenters. The molecule has 180 valence electrons. The number of carbonyl (C=O) groups excluding carboxylic acids is 1. The Balaban J connectivity index is 1.30. The van der Waals surface area contributed by atoms with Crippen LogP contribution in [0.5, 0.6) is 5.75 Å². The van der Waals surface area contributed by atoms with Crippen LogP contribution in [-0.4, -0.2) is 63.1 Å². The Morgan fingerprint density at radius 3 is 3.11 bits per heavy atom. The SMILES string of the molecule is C=CN=COCC(=O)N1CC=C(c2cnc(NCc3c(F)ccc4c3CCO4)n3cnnc23)CC1. The maximum absolute atomic E-state index is 14.5. The summed E-state index contributed by atoms with van der Waals surface area (Å²) in [5.41, 5.74) is 3.98. The molecule has 1 amide bonds. The van der Waals surface area contributed by atoms with Crippen molar-refractivity contribution in [2.75, 3.05) is 31.6 Å². The second-order valence-electron chi connectivity index (χ2n) is 8.04. The maximum atomic E-state index is 14.5. The third-order valence-corrected chi connectivity index (χ3v) is 6.05. The van der Waals surface area contributed by atoms with Crippen molar-refractivity contribution in [3.05, 3.63) is 66.0 Å². The van der Waals surface area contributed by atoms with Crippen molar-refractivity contribution in [3.8, 4) is 5.75 Å². The Labute approximate surface area is 200 Å². The number of fused-ring (bicyclic) bond motifs is 2. The van der Waals surface area contributed by atoms with Crippen LogP contribution in [0.15, 0.2) is 48.5 Å². The Kier molecular flexibility index (Phi) is 6.38. The van der Waals surface area contributed by atoms with Crippen LogP contribution in [0.1, 0.15) is 23.1 Å². The Morgan fingerprint density at radius 2 is 2.29 bits per heavy atom. The molecule has 11 heteroatoms. The molecule has 2 aliphatic heterocycles. The lowest BCUT2D eigenvalue weighted by atomic mass is 10.0. The van der Waals surface area contributed by atoms with Gasteiger partial charge in [0.1, 0.15) is 17.9 Å². The normalized spacial score (nSPS) is 15.1. The highest BCUT2D eigenvalue weighted by molar-refractivity contribution is 5.82. The van der Waals surface area contributed by atoms with E-state index in [1.165, 1.54) is 18.7 Å². The van der Waals surface area contributed by atoms with E-state index in [0.717, 1.165) is 22.4 Å². The van der Waals surface area contributed by atoms with E-state index in [0.29, 0.717) is 49.7 Å². The number of aromatic nitrogens is 4. The second-order valence-corrected chi connectivity index (χ2v) is 8.04. The number of benzene rings is 1. The third-order valence-electron chi connectivity index (χ3n) is 6.05. The number of amides is 1. The van der Waals surface area contributed by atoms with Crippen molar-refractivity contribution in [1.29, 1.82) is 0 Å². The van der Waals surface area contributed by atoms with Crippen molar-refractivity contribution in [2.24, 2.45) is 4.99 Å². The van der Waals surface area contributed by atoms with Crippen LogP contribution in [0.4, 0.5) is 10.3 Å². The first-order valence-corrected chi connectivity index (χ1v) is 11.2. The molecule has 0 bridgehead atoms. The number of rotatable bonds is 8. The van der Waals surface area contributed by atoms with Crippen LogP contribution < -0.4 is 10.1 Å². The van der Waals surface area contributed by atoms with Crippen LogP contribution in [-0.2, 0) is 22.5 Å². The lowest BCUT2D eigenvalue weighted by Crippen LogP contribution is -2.37. The average molecular weight is 478 g/mol. The summed E-state index contributed by atoms with van der Waals surface area (Å²) in [6, 6.07) is 3.10. The van der Waals surface area contributed by atoms with Gasteiger partial charge < -0.3 is 19.7 Å². The monoisotopic (exact) mass is 477 g/mol. The smallest absolute Gasteiger partial charge is 0.260 e. The number of nitrogens with zero attached hydrogens (tertiary/aromatic N) is 6. The summed E-state index contributed by atoms with van der Waals surface area (Å²) in [5, 5.41) is 11.5. The molecule has 0 saturated carbocycles. The van der Waals surface area contributed by atoms with Crippen LogP contribution in [0.2, 0.25) is 0 Å². The molecule has 0 aliphatic carbocycles. The minimum Gasteiger partial charge on any atom is -0.493 e. The number of ether oxygens (including phenoxy) is 2. The Morgan fingerprint density at radius 1 is 1.37 bits per heavy atom. The largest absolute Gasteiger partial charge is 0.493 e. The molecular weight excluding hydrogens is 453 g/mol. The minimum absolute atomic E-state index is 0.0752. The highest BCUT2D eigenvalue weighted by Gasteiger charge is 2.22. The van der Waals surface area contributed by atoms with Crippen LogP contribution in [0.3, 0.4) is 0 Å². The zero-order chi connectivity index (χ0) is 24.2. The van der Waals surface area contributed by atoms with Gasteiger partial charge in [-0.25, -0.2) is 14.4 Å². The van der Waals surface area contributed by atoms with Gasteiger partial charge in [-0.05, 0) is 24.1 Å². The summed E-state index contributed by atoms with van der Waals surface area (Å²) in [6.45, 7) is 5.20. The minimum atomic E-state index is -0.275. The number of anilines is 1. The topological polar surface area (TPSA) is 106 Å². The van der Waals surface area contributed by atoms with Crippen LogP contribution >= 0.6 is 0 Å². The molecule has 0 unspecified atom stereocenters. The van der Waals surface area contributed by atoms with E-state index >= 15 is 0 Å². The van der Waals surface area contributed by atoms with E-state index in [1.54, 1.807) is 27.9 Å². The lowest BCUT2D eigenvalue weighted by molar-refractivity contribution is -0.133. The highest BCUT2D eigenvalue weighted by atomic mass is 19.1. The molecule has 5 rings (SSSR count). The van der Waals surface area contributed by atoms with Gasteiger partial charge in [0.05, 0.1) is 6.61 Å². The molecule has 1 N–H and O–H groups in total. The molecule has 4 heterocycles. The molecular formula is C24H24FN7O3. The first kappa shape index (κ1) is 22.5. The summed E-state index contributed by atoms with van der Waals surface area (Å²) < 4.78 is 26.9. The van der Waals surface area contributed by atoms with Gasteiger partial charge in [0.15, 0.2) is 18.7 Å². The Hall–Kier alpha value is -4.28. The van der Waals surface area contributed by atoms with Crippen molar-refractivity contribution < 1.29 is 18.7 Å². The van der Waals surface area contributed by atoms with Gasteiger partial charge in [-0.1, -0.05) is 12.7 Å². The second kappa shape index (κ2) is 9.92. The number of hydrogen-bond donors (Lipinski definition) is 1. The lowest BCUT2D eigenvalue weighted by Gasteiger charge is -2.26. The molecule has 2 aromatic heterocycles. The number of aliphatic imine (C=N–C) groups is 1. The molecule has 0 spiro atoms. The fraction of sp³-hybridized carbons (Fsp3) is 0.292. The Bertz CT molecular complexity index is 1330. The van der Waals surface area contributed by atoms with Crippen molar-refractivity contribution in [2.45, 2.75) is 19.4 Å². The zero-order valence-electron chi connectivity index (χ0n) is 19.0.